The van der Waals surface area contributed by atoms with Gasteiger partial charge in [0.2, 0.25) is 5.91 Å². The van der Waals surface area contributed by atoms with Gasteiger partial charge in [-0.05, 0) is 37.1 Å². The fraction of sp³-hybridized carbons (Fsp3) is 0.250. The number of nitrogens with one attached hydrogen (secondary N) is 1. The number of hydrogen-bond acceptors (Lipinski definition) is 2. The van der Waals surface area contributed by atoms with Gasteiger partial charge in [0.05, 0.1) is 5.69 Å². The van der Waals surface area contributed by atoms with Crippen LogP contribution < -0.4 is 5.32 Å². The number of carbonyl (C=O) groups excluding carboxylic acids is 1. The first kappa shape index (κ1) is 15.3. The van der Waals surface area contributed by atoms with Crippen LogP contribution in [0.25, 0.3) is 6.08 Å². The molecule has 0 aliphatic heterocycles. The number of benzene rings is 1. The molecular formula is C16H18ClN3O. The van der Waals surface area contributed by atoms with Crippen molar-refractivity contribution in [1.29, 1.82) is 0 Å². The number of amides is 1. The fourth-order valence-electron chi connectivity index (χ4n) is 2.00. The number of aryl methyl sites for hydroxylation is 3. The molecule has 1 amide bonds. The van der Waals surface area contributed by atoms with Gasteiger partial charge < -0.3 is 5.32 Å². The third-order valence-corrected chi connectivity index (χ3v) is 3.68. The second-order valence-corrected chi connectivity index (χ2v) is 5.14. The molecule has 0 saturated heterocycles. The Hall–Kier alpha value is -2.07. The van der Waals surface area contributed by atoms with Gasteiger partial charge in [-0.25, -0.2) is 0 Å². The minimum Gasteiger partial charge on any atom is -0.323 e. The molecule has 0 saturated carbocycles. The van der Waals surface area contributed by atoms with Crippen molar-refractivity contribution >= 4 is 29.3 Å². The van der Waals surface area contributed by atoms with Crippen molar-refractivity contribution in [2.75, 3.05) is 5.32 Å². The Morgan fingerprint density at radius 3 is 2.57 bits per heavy atom. The number of carbonyl (C=O) groups is 1. The van der Waals surface area contributed by atoms with E-state index in [2.05, 4.69) is 17.3 Å². The highest BCUT2D eigenvalue weighted by atomic mass is 35.5. The van der Waals surface area contributed by atoms with Crippen LogP contribution in [0.15, 0.2) is 30.3 Å². The molecule has 1 aromatic carbocycles. The van der Waals surface area contributed by atoms with Crippen LogP contribution in [0.5, 0.6) is 0 Å². The van der Waals surface area contributed by atoms with E-state index in [4.69, 9.17) is 11.6 Å². The Labute approximate surface area is 129 Å². The normalized spacial score (nSPS) is 11.0. The smallest absolute Gasteiger partial charge is 0.248 e. The van der Waals surface area contributed by atoms with Crippen LogP contribution in [0.2, 0.25) is 5.15 Å². The van der Waals surface area contributed by atoms with Gasteiger partial charge in [-0.15, -0.1) is 0 Å². The number of anilines is 1. The summed E-state index contributed by atoms with van der Waals surface area (Å²) < 4.78 is 1.58. The summed E-state index contributed by atoms with van der Waals surface area (Å²) >= 11 is 6.11. The average molecular weight is 304 g/mol. The molecule has 1 N–H and O–H groups in total. The summed E-state index contributed by atoms with van der Waals surface area (Å²) in [4.78, 5) is 11.9. The third-order valence-electron chi connectivity index (χ3n) is 3.23. The van der Waals surface area contributed by atoms with Gasteiger partial charge in [-0.2, -0.15) is 5.10 Å². The molecule has 1 heterocycles. The molecule has 5 heteroatoms. The summed E-state index contributed by atoms with van der Waals surface area (Å²) in [6, 6.07) is 7.79. The second kappa shape index (κ2) is 6.59. The average Bonchev–Trinajstić information content (AvgIpc) is 2.71. The molecule has 0 radical (unpaired) electrons. The van der Waals surface area contributed by atoms with Crippen molar-refractivity contribution in [2.24, 2.45) is 7.05 Å². The number of hydrogen-bond donors (Lipinski definition) is 1. The van der Waals surface area contributed by atoms with Crippen LogP contribution in [-0.4, -0.2) is 15.7 Å². The summed E-state index contributed by atoms with van der Waals surface area (Å²) in [5.74, 6) is -0.196. The molecule has 4 nitrogen and oxygen atoms in total. The van der Waals surface area contributed by atoms with Gasteiger partial charge in [0.1, 0.15) is 5.15 Å². The van der Waals surface area contributed by atoms with Gasteiger partial charge in [-0.3, -0.25) is 9.48 Å². The van der Waals surface area contributed by atoms with Crippen molar-refractivity contribution < 1.29 is 4.79 Å². The molecule has 110 valence electrons. The zero-order valence-electron chi connectivity index (χ0n) is 12.4. The molecule has 0 atom stereocenters. The van der Waals surface area contributed by atoms with Crippen molar-refractivity contribution in [2.45, 2.75) is 20.3 Å². The van der Waals surface area contributed by atoms with E-state index in [1.807, 2.05) is 31.2 Å². The van der Waals surface area contributed by atoms with Gasteiger partial charge >= 0.3 is 0 Å². The number of aromatic nitrogens is 2. The summed E-state index contributed by atoms with van der Waals surface area (Å²) in [6.45, 7) is 3.95. The molecule has 0 aliphatic carbocycles. The summed E-state index contributed by atoms with van der Waals surface area (Å²) in [7, 11) is 1.77. The molecule has 0 bridgehead atoms. The molecule has 0 aliphatic rings. The van der Waals surface area contributed by atoms with E-state index in [-0.39, 0.29) is 5.91 Å². The highest BCUT2D eigenvalue weighted by Crippen LogP contribution is 2.20. The lowest BCUT2D eigenvalue weighted by Crippen LogP contribution is -2.07. The molecule has 1 aromatic heterocycles. The standard InChI is InChI=1S/C16H18ClN3O/c1-4-12-5-7-13(8-6-12)18-15(21)10-9-14-11(2)19-20(3)16(14)17/h5-10H,4H2,1-3H3,(H,18,21)/b10-9+. The van der Waals surface area contributed by atoms with E-state index in [0.29, 0.717) is 5.15 Å². The predicted molar refractivity (Wildman–Crippen MR) is 86.4 cm³/mol. The minimum atomic E-state index is -0.196. The maximum absolute atomic E-state index is 11.9. The zero-order valence-corrected chi connectivity index (χ0v) is 13.1. The Morgan fingerprint density at radius 1 is 1.38 bits per heavy atom. The molecule has 0 fully saturated rings. The van der Waals surface area contributed by atoms with Crippen LogP contribution in [0, 0.1) is 6.92 Å². The van der Waals surface area contributed by atoms with Gasteiger partial charge in [-0.1, -0.05) is 30.7 Å². The SMILES string of the molecule is CCc1ccc(NC(=O)/C=C/c2c(C)nn(C)c2Cl)cc1. The zero-order chi connectivity index (χ0) is 15.4. The number of rotatable bonds is 4. The van der Waals surface area contributed by atoms with Gasteiger partial charge in [0.15, 0.2) is 0 Å². The van der Waals surface area contributed by atoms with Crippen molar-refractivity contribution in [3.63, 3.8) is 0 Å². The van der Waals surface area contributed by atoms with Crippen LogP contribution in [-0.2, 0) is 18.3 Å². The number of halogens is 1. The summed E-state index contributed by atoms with van der Waals surface area (Å²) in [5.41, 5.74) is 3.56. The molecule has 2 rings (SSSR count). The highest BCUT2D eigenvalue weighted by molar-refractivity contribution is 6.31. The van der Waals surface area contributed by atoms with E-state index < -0.39 is 0 Å². The molecular weight excluding hydrogens is 286 g/mol. The minimum absolute atomic E-state index is 0.196. The second-order valence-electron chi connectivity index (χ2n) is 4.79. The third kappa shape index (κ3) is 3.73. The highest BCUT2D eigenvalue weighted by Gasteiger charge is 2.08. The molecule has 2 aromatic rings. The lowest BCUT2D eigenvalue weighted by molar-refractivity contribution is -0.111. The Balaban J connectivity index is 2.05. The monoisotopic (exact) mass is 303 g/mol. The topological polar surface area (TPSA) is 46.9 Å². The van der Waals surface area contributed by atoms with E-state index in [9.17, 15) is 4.79 Å². The maximum atomic E-state index is 11.9. The molecule has 0 unspecified atom stereocenters. The van der Waals surface area contributed by atoms with Crippen LogP contribution in [0.1, 0.15) is 23.7 Å². The van der Waals surface area contributed by atoms with Crippen LogP contribution in [0.3, 0.4) is 0 Å². The predicted octanol–water partition coefficient (Wildman–Crippen LogP) is 3.60. The first-order valence-corrected chi connectivity index (χ1v) is 7.16. The van der Waals surface area contributed by atoms with Crippen molar-refractivity contribution in [1.82, 2.24) is 9.78 Å². The van der Waals surface area contributed by atoms with E-state index >= 15 is 0 Å². The molecule has 21 heavy (non-hydrogen) atoms. The van der Waals surface area contributed by atoms with Gasteiger partial charge in [0, 0.05) is 24.4 Å². The first-order valence-electron chi connectivity index (χ1n) is 6.78. The van der Waals surface area contributed by atoms with Crippen LogP contribution >= 0.6 is 11.6 Å². The summed E-state index contributed by atoms with van der Waals surface area (Å²) in [6.07, 6.45) is 4.12. The van der Waals surface area contributed by atoms with Gasteiger partial charge in [0.25, 0.3) is 0 Å². The Bertz CT molecular complexity index is 672. The van der Waals surface area contributed by atoms with E-state index in [0.717, 1.165) is 23.4 Å². The first-order chi connectivity index (χ1) is 10.0. The van der Waals surface area contributed by atoms with Crippen LogP contribution in [0.4, 0.5) is 5.69 Å². The van der Waals surface area contributed by atoms with Crippen molar-refractivity contribution in [3.05, 3.63) is 52.3 Å². The quantitative estimate of drug-likeness (QED) is 0.877. The van der Waals surface area contributed by atoms with Crippen molar-refractivity contribution in [3.8, 4) is 0 Å². The Kier molecular flexibility index (Phi) is 4.81. The fourth-order valence-corrected chi connectivity index (χ4v) is 2.24. The summed E-state index contributed by atoms with van der Waals surface area (Å²) in [5, 5.41) is 7.52. The number of nitrogens with zero attached hydrogens (tertiary/aromatic N) is 2. The van der Waals surface area contributed by atoms with E-state index in [1.54, 1.807) is 17.8 Å². The lowest BCUT2D eigenvalue weighted by Gasteiger charge is -2.03. The maximum Gasteiger partial charge on any atom is 0.248 e. The van der Waals surface area contributed by atoms with E-state index in [1.165, 1.54) is 11.6 Å². The largest absolute Gasteiger partial charge is 0.323 e. The molecule has 0 spiro atoms. The Morgan fingerprint density at radius 2 is 2.05 bits per heavy atom. The lowest BCUT2D eigenvalue weighted by atomic mass is 10.1.